The van der Waals surface area contributed by atoms with Crippen LogP contribution in [-0.2, 0) is 6.61 Å². The van der Waals surface area contributed by atoms with Gasteiger partial charge in [-0.05, 0) is 42.3 Å². The molecule has 0 N–H and O–H groups in total. The molecule has 2 rings (SSSR count). The van der Waals surface area contributed by atoms with Crippen LogP contribution in [0.5, 0.6) is 11.5 Å². The maximum Gasteiger partial charge on any atom is 0.161 e. The summed E-state index contributed by atoms with van der Waals surface area (Å²) in [5, 5.41) is 0. The molecule has 0 spiro atoms. The molecule has 2 aromatic carbocycles. The van der Waals surface area contributed by atoms with Crippen molar-refractivity contribution in [3.8, 4) is 11.5 Å². The zero-order valence-corrected chi connectivity index (χ0v) is 12.0. The van der Waals surface area contributed by atoms with E-state index >= 15 is 0 Å². The third-order valence-electron chi connectivity index (χ3n) is 2.76. The first-order chi connectivity index (χ1) is 8.70. The van der Waals surface area contributed by atoms with E-state index in [1.807, 2.05) is 30.3 Å². The molecule has 0 aromatic heterocycles. The molecule has 0 radical (unpaired) electrons. The fourth-order valence-electron chi connectivity index (χ4n) is 1.71. The van der Waals surface area contributed by atoms with Gasteiger partial charge in [0.25, 0.3) is 0 Å². The minimum absolute atomic E-state index is 0.541. The van der Waals surface area contributed by atoms with Crippen molar-refractivity contribution in [2.75, 3.05) is 7.11 Å². The summed E-state index contributed by atoms with van der Waals surface area (Å²) < 4.78 is 12.1. The van der Waals surface area contributed by atoms with Crippen LogP contribution in [0.1, 0.15) is 11.1 Å². The number of ether oxygens (including phenoxy) is 2. The maximum atomic E-state index is 5.79. The second kappa shape index (κ2) is 5.91. The van der Waals surface area contributed by atoms with Crippen LogP contribution in [0.4, 0.5) is 0 Å². The average molecular weight is 307 g/mol. The number of halogens is 1. The zero-order valence-electron chi connectivity index (χ0n) is 10.4. The van der Waals surface area contributed by atoms with Gasteiger partial charge < -0.3 is 9.47 Å². The van der Waals surface area contributed by atoms with E-state index in [0.29, 0.717) is 6.61 Å². The monoisotopic (exact) mass is 306 g/mol. The van der Waals surface area contributed by atoms with Crippen molar-refractivity contribution in [1.29, 1.82) is 0 Å². The van der Waals surface area contributed by atoms with Gasteiger partial charge in [-0.15, -0.1) is 0 Å². The van der Waals surface area contributed by atoms with Crippen molar-refractivity contribution in [3.05, 3.63) is 58.1 Å². The van der Waals surface area contributed by atoms with E-state index in [-0.39, 0.29) is 0 Å². The van der Waals surface area contributed by atoms with Gasteiger partial charge in [-0.1, -0.05) is 34.1 Å². The van der Waals surface area contributed by atoms with Gasteiger partial charge in [0.05, 0.1) is 7.11 Å². The van der Waals surface area contributed by atoms with Gasteiger partial charge in [-0.3, -0.25) is 0 Å². The van der Waals surface area contributed by atoms with Gasteiger partial charge in [0.15, 0.2) is 11.5 Å². The number of benzene rings is 2. The maximum absolute atomic E-state index is 5.79. The van der Waals surface area contributed by atoms with E-state index in [0.717, 1.165) is 16.0 Å². The molecule has 0 saturated carbocycles. The Bertz CT molecular complexity index is 538. The van der Waals surface area contributed by atoms with Crippen LogP contribution in [0.25, 0.3) is 0 Å². The summed E-state index contributed by atoms with van der Waals surface area (Å²) in [5.41, 5.74) is 2.38. The van der Waals surface area contributed by atoms with Gasteiger partial charge >= 0.3 is 0 Å². The van der Waals surface area contributed by atoms with Crippen LogP contribution in [0, 0.1) is 6.92 Å². The highest BCUT2D eigenvalue weighted by atomic mass is 79.9. The molecule has 0 aliphatic heterocycles. The lowest BCUT2D eigenvalue weighted by molar-refractivity contribution is 0.284. The SMILES string of the molecule is COc1ccccc1OCc1ccc(Br)cc1C. The minimum Gasteiger partial charge on any atom is -0.493 e. The Balaban J connectivity index is 2.11. The quantitative estimate of drug-likeness (QED) is 0.836. The number of hydrogen-bond donors (Lipinski definition) is 0. The summed E-state index contributed by atoms with van der Waals surface area (Å²) >= 11 is 3.45. The van der Waals surface area contributed by atoms with Crippen LogP contribution < -0.4 is 9.47 Å². The minimum atomic E-state index is 0.541. The van der Waals surface area contributed by atoms with Crippen LogP contribution >= 0.6 is 15.9 Å². The van der Waals surface area contributed by atoms with Gasteiger partial charge in [0, 0.05) is 4.47 Å². The lowest BCUT2D eigenvalue weighted by Crippen LogP contribution is -1.99. The van der Waals surface area contributed by atoms with Crippen LogP contribution in [-0.4, -0.2) is 7.11 Å². The summed E-state index contributed by atoms with van der Waals surface area (Å²) in [6, 6.07) is 13.8. The standard InChI is InChI=1S/C15H15BrO2/c1-11-9-13(16)8-7-12(11)10-18-15-6-4-3-5-14(15)17-2/h3-9H,10H2,1-2H3. The van der Waals surface area contributed by atoms with E-state index in [9.17, 15) is 0 Å². The van der Waals surface area contributed by atoms with Gasteiger partial charge in [-0.2, -0.15) is 0 Å². The molecule has 2 aromatic rings. The Morgan fingerprint density at radius 3 is 2.44 bits per heavy atom. The predicted molar refractivity (Wildman–Crippen MR) is 76.2 cm³/mol. The smallest absolute Gasteiger partial charge is 0.161 e. The highest BCUT2D eigenvalue weighted by molar-refractivity contribution is 9.10. The highest BCUT2D eigenvalue weighted by Crippen LogP contribution is 2.27. The van der Waals surface area contributed by atoms with Gasteiger partial charge in [-0.25, -0.2) is 0 Å². The fraction of sp³-hybridized carbons (Fsp3) is 0.200. The van der Waals surface area contributed by atoms with Crippen molar-refractivity contribution in [1.82, 2.24) is 0 Å². The Hall–Kier alpha value is -1.48. The summed E-state index contributed by atoms with van der Waals surface area (Å²) in [7, 11) is 1.65. The third kappa shape index (κ3) is 3.05. The van der Waals surface area contributed by atoms with Gasteiger partial charge in [0.2, 0.25) is 0 Å². The van der Waals surface area contributed by atoms with Crippen molar-refractivity contribution < 1.29 is 9.47 Å². The van der Waals surface area contributed by atoms with Gasteiger partial charge in [0.1, 0.15) is 6.61 Å². The number of methoxy groups -OCH3 is 1. The summed E-state index contributed by atoms with van der Waals surface area (Å²) in [4.78, 5) is 0. The first-order valence-electron chi connectivity index (χ1n) is 5.71. The Morgan fingerprint density at radius 1 is 1.06 bits per heavy atom. The fourth-order valence-corrected chi connectivity index (χ4v) is 2.19. The normalized spacial score (nSPS) is 10.2. The molecule has 0 unspecified atom stereocenters. The van der Waals surface area contributed by atoms with E-state index in [1.54, 1.807) is 7.11 Å². The number of hydrogen-bond acceptors (Lipinski definition) is 2. The lowest BCUT2D eigenvalue weighted by Gasteiger charge is -2.11. The van der Waals surface area contributed by atoms with Crippen molar-refractivity contribution in [2.24, 2.45) is 0 Å². The second-order valence-corrected chi connectivity index (χ2v) is 4.93. The van der Waals surface area contributed by atoms with Crippen molar-refractivity contribution in [3.63, 3.8) is 0 Å². The summed E-state index contributed by atoms with van der Waals surface area (Å²) in [5.74, 6) is 1.52. The summed E-state index contributed by atoms with van der Waals surface area (Å²) in [6.07, 6.45) is 0. The third-order valence-corrected chi connectivity index (χ3v) is 3.25. The first kappa shape index (κ1) is 13.0. The van der Waals surface area contributed by atoms with E-state index < -0.39 is 0 Å². The molecule has 94 valence electrons. The molecule has 0 atom stereocenters. The molecule has 3 heteroatoms. The number of rotatable bonds is 4. The molecule has 0 bridgehead atoms. The molecule has 0 aliphatic carbocycles. The number of aryl methyl sites for hydroxylation is 1. The largest absolute Gasteiger partial charge is 0.493 e. The van der Waals surface area contributed by atoms with E-state index in [1.165, 1.54) is 11.1 Å². The zero-order chi connectivity index (χ0) is 13.0. The summed E-state index contributed by atoms with van der Waals surface area (Å²) in [6.45, 7) is 2.62. The molecule has 2 nitrogen and oxygen atoms in total. The first-order valence-corrected chi connectivity index (χ1v) is 6.51. The molecule has 18 heavy (non-hydrogen) atoms. The van der Waals surface area contributed by atoms with Crippen LogP contribution in [0.15, 0.2) is 46.9 Å². The molecule has 0 heterocycles. The predicted octanol–water partition coefficient (Wildman–Crippen LogP) is 4.35. The van der Waals surface area contributed by atoms with E-state index in [2.05, 4.69) is 35.0 Å². The highest BCUT2D eigenvalue weighted by Gasteiger charge is 2.04. The Morgan fingerprint density at radius 2 is 1.78 bits per heavy atom. The molecular formula is C15H15BrO2. The molecule has 0 fully saturated rings. The Labute approximate surface area is 116 Å². The topological polar surface area (TPSA) is 18.5 Å². The Kier molecular flexibility index (Phi) is 4.26. The number of para-hydroxylation sites is 2. The molecule has 0 amide bonds. The average Bonchev–Trinajstić information content (AvgIpc) is 2.38. The molecule has 0 aliphatic rings. The molecular weight excluding hydrogens is 292 g/mol. The second-order valence-electron chi connectivity index (χ2n) is 4.01. The van der Waals surface area contributed by atoms with Crippen LogP contribution in [0.2, 0.25) is 0 Å². The van der Waals surface area contributed by atoms with E-state index in [4.69, 9.17) is 9.47 Å². The van der Waals surface area contributed by atoms with Crippen LogP contribution in [0.3, 0.4) is 0 Å². The van der Waals surface area contributed by atoms with Crippen molar-refractivity contribution in [2.45, 2.75) is 13.5 Å². The lowest BCUT2D eigenvalue weighted by atomic mass is 10.1. The van der Waals surface area contributed by atoms with Crippen molar-refractivity contribution >= 4 is 15.9 Å². The molecule has 0 saturated heterocycles.